The molecule has 0 amide bonds. The third-order valence-corrected chi connectivity index (χ3v) is 3.19. The molecule has 0 aliphatic carbocycles. The van der Waals surface area contributed by atoms with Crippen molar-refractivity contribution < 1.29 is 8.78 Å². The van der Waals surface area contributed by atoms with Crippen LogP contribution >= 0.6 is 22.7 Å². The number of nitrogens with two attached hydrogens (primary N) is 1. The molecular formula is C7H5F2N3S2. The maximum Gasteiger partial charge on any atom is 0.289 e. The first-order valence-electron chi connectivity index (χ1n) is 3.62. The number of halogens is 2. The lowest BCUT2D eigenvalue weighted by Gasteiger charge is -1.89. The first-order chi connectivity index (χ1) is 6.66. The fourth-order valence-corrected chi connectivity index (χ4v) is 2.29. The summed E-state index contributed by atoms with van der Waals surface area (Å²) in [4.78, 5) is 8.31. The average Bonchev–Trinajstić information content (AvgIpc) is 2.70. The Morgan fingerprint density at radius 1 is 1.43 bits per heavy atom. The minimum absolute atomic E-state index is 0.174. The number of aromatic nitrogens is 2. The van der Waals surface area contributed by atoms with Crippen molar-refractivity contribution in [2.24, 2.45) is 0 Å². The number of rotatable bonds is 2. The number of nitrogen functional groups attached to an aromatic ring is 1. The van der Waals surface area contributed by atoms with E-state index < -0.39 is 6.43 Å². The van der Waals surface area contributed by atoms with E-state index in [1.165, 1.54) is 17.5 Å². The molecule has 3 nitrogen and oxygen atoms in total. The highest BCUT2D eigenvalue weighted by molar-refractivity contribution is 7.19. The average molecular weight is 233 g/mol. The molecule has 2 rings (SSSR count). The van der Waals surface area contributed by atoms with Crippen LogP contribution in [0.5, 0.6) is 0 Å². The summed E-state index contributed by atoms with van der Waals surface area (Å²) in [5.74, 6) is 0. The van der Waals surface area contributed by atoms with Crippen LogP contribution in [0.15, 0.2) is 11.6 Å². The molecular weight excluding hydrogens is 228 g/mol. The quantitative estimate of drug-likeness (QED) is 0.867. The van der Waals surface area contributed by atoms with E-state index in [1.54, 1.807) is 5.38 Å². The lowest BCUT2D eigenvalue weighted by molar-refractivity contribution is 0.151. The summed E-state index contributed by atoms with van der Waals surface area (Å²) in [6, 6.07) is 0. The summed E-state index contributed by atoms with van der Waals surface area (Å²) in [7, 11) is 0. The van der Waals surface area contributed by atoms with E-state index in [9.17, 15) is 8.78 Å². The number of hydrogen-bond donors (Lipinski definition) is 1. The molecule has 0 spiro atoms. The highest BCUT2D eigenvalue weighted by Crippen LogP contribution is 2.31. The molecule has 74 valence electrons. The van der Waals surface area contributed by atoms with Crippen LogP contribution in [0.1, 0.15) is 11.4 Å². The first kappa shape index (κ1) is 9.47. The molecule has 0 aliphatic heterocycles. The Morgan fingerprint density at radius 3 is 2.71 bits per heavy atom. The fraction of sp³-hybridized carbons (Fsp3) is 0.143. The highest BCUT2D eigenvalue weighted by Gasteiger charge is 2.14. The smallest absolute Gasteiger partial charge is 0.289 e. The van der Waals surface area contributed by atoms with Crippen LogP contribution in [0.3, 0.4) is 0 Å². The maximum atomic E-state index is 12.2. The van der Waals surface area contributed by atoms with Gasteiger partial charge in [0.25, 0.3) is 6.43 Å². The topological polar surface area (TPSA) is 51.8 Å². The Morgan fingerprint density at radius 2 is 2.21 bits per heavy atom. The monoisotopic (exact) mass is 233 g/mol. The van der Waals surface area contributed by atoms with Gasteiger partial charge in [-0.25, -0.2) is 18.7 Å². The normalized spacial score (nSPS) is 11.1. The van der Waals surface area contributed by atoms with Gasteiger partial charge in [0.2, 0.25) is 0 Å². The van der Waals surface area contributed by atoms with Crippen LogP contribution in [-0.4, -0.2) is 9.97 Å². The Kier molecular flexibility index (Phi) is 2.42. The molecule has 0 bridgehead atoms. The van der Waals surface area contributed by atoms with Gasteiger partial charge in [-0.1, -0.05) is 11.3 Å². The minimum Gasteiger partial charge on any atom is -0.375 e. The molecule has 0 saturated carbocycles. The highest BCUT2D eigenvalue weighted by atomic mass is 32.1. The molecule has 2 N–H and O–H groups in total. The summed E-state index contributed by atoms with van der Waals surface area (Å²) in [6.45, 7) is 0. The van der Waals surface area contributed by atoms with E-state index in [1.807, 2.05) is 0 Å². The van der Waals surface area contributed by atoms with Crippen molar-refractivity contribution in [3.63, 3.8) is 0 Å². The first-order valence-corrected chi connectivity index (χ1v) is 5.31. The summed E-state index contributed by atoms with van der Waals surface area (Å²) >= 11 is 2.17. The van der Waals surface area contributed by atoms with E-state index in [0.29, 0.717) is 15.7 Å². The molecule has 0 radical (unpaired) electrons. The largest absolute Gasteiger partial charge is 0.375 e. The summed E-state index contributed by atoms with van der Waals surface area (Å²) in [6.07, 6.45) is -0.983. The van der Waals surface area contributed by atoms with E-state index in [2.05, 4.69) is 9.97 Å². The van der Waals surface area contributed by atoms with E-state index in [-0.39, 0.29) is 5.01 Å². The van der Waals surface area contributed by atoms with Gasteiger partial charge in [-0.15, -0.1) is 11.3 Å². The van der Waals surface area contributed by atoms with Gasteiger partial charge in [-0.3, -0.25) is 0 Å². The third kappa shape index (κ3) is 1.73. The zero-order valence-corrected chi connectivity index (χ0v) is 8.41. The van der Waals surface area contributed by atoms with Crippen molar-refractivity contribution in [2.75, 3.05) is 5.73 Å². The van der Waals surface area contributed by atoms with Gasteiger partial charge in [0.15, 0.2) is 10.1 Å². The molecule has 0 atom stereocenters. The number of alkyl halides is 2. The molecule has 0 unspecified atom stereocenters. The van der Waals surface area contributed by atoms with Crippen LogP contribution in [0.25, 0.3) is 10.6 Å². The molecule has 0 aliphatic rings. The van der Waals surface area contributed by atoms with Crippen LogP contribution in [0.4, 0.5) is 13.9 Å². The number of thiazole rings is 2. The minimum atomic E-state index is -2.51. The standard InChI is InChI=1S/C7H5F2N3S2/c8-5(9)6-12-3(2-13-6)4-1-11-7(10)14-4/h1-2,5H,(H2,10,11). The third-order valence-electron chi connectivity index (χ3n) is 1.48. The summed E-state index contributed by atoms with van der Waals surface area (Å²) in [5.41, 5.74) is 5.93. The molecule has 0 saturated heterocycles. The second-order valence-corrected chi connectivity index (χ2v) is 4.39. The Balaban J connectivity index is 2.33. The van der Waals surface area contributed by atoms with E-state index in [4.69, 9.17) is 5.73 Å². The number of hydrogen-bond acceptors (Lipinski definition) is 5. The number of anilines is 1. The maximum absolute atomic E-state index is 12.2. The van der Waals surface area contributed by atoms with Gasteiger partial charge in [0.1, 0.15) is 0 Å². The van der Waals surface area contributed by atoms with Crippen molar-refractivity contribution in [1.82, 2.24) is 9.97 Å². The fourth-order valence-electron chi connectivity index (χ4n) is 0.907. The Bertz CT molecular complexity index is 438. The Hall–Kier alpha value is -1.08. The van der Waals surface area contributed by atoms with Crippen molar-refractivity contribution in [2.45, 2.75) is 6.43 Å². The van der Waals surface area contributed by atoms with Gasteiger partial charge in [0, 0.05) is 11.6 Å². The van der Waals surface area contributed by atoms with Crippen LogP contribution in [0.2, 0.25) is 0 Å². The van der Waals surface area contributed by atoms with Crippen LogP contribution in [-0.2, 0) is 0 Å². The van der Waals surface area contributed by atoms with Crippen molar-refractivity contribution in [3.05, 3.63) is 16.6 Å². The van der Waals surface area contributed by atoms with Crippen molar-refractivity contribution in [1.29, 1.82) is 0 Å². The Labute approximate surface area is 86.2 Å². The van der Waals surface area contributed by atoms with Gasteiger partial charge in [-0.05, 0) is 0 Å². The molecule has 2 heterocycles. The van der Waals surface area contributed by atoms with E-state index >= 15 is 0 Å². The van der Waals surface area contributed by atoms with Gasteiger partial charge < -0.3 is 5.73 Å². The summed E-state index contributed by atoms with van der Waals surface area (Å²) in [5, 5.41) is 1.81. The second kappa shape index (κ2) is 3.58. The summed E-state index contributed by atoms with van der Waals surface area (Å²) < 4.78 is 24.4. The van der Waals surface area contributed by atoms with Gasteiger partial charge in [0.05, 0.1) is 10.6 Å². The molecule has 2 aromatic rings. The van der Waals surface area contributed by atoms with Crippen LogP contribution < -0.4 is 5.73 Å². The molecule has 2 aromatic heterocycles. The lowest BCUT2D eigenvalue weighted by atomic mass is 10.4. The second-order valence-electron chi connectivity index (χ2n) is 2.43. The van der Waals surface area contributed by atoms with Gasteiger partial charge in [-0.2, -0.15) is 0 Å². The van der Waals surface area contributed by atoms with Gasteiger partial charge >= 0.3 is 0 Å². The predicted molar refractivity (Wildman–Crippen MR) is 52.6 cm³/mol. The van der Waals surface area contributed by atoms with Crippen molar-refractivity contribution >= 4 is 27.8 Å². The van der Waals surface area contributed by atoms with E-state index in [0.717, 1.165) is 11.3 Å². The SMILES string of the molecule is Nc1ncc(-c2csc(C(F)F)n2)s1. The molecule has 7 heteroatoms. The van der Waals surface area contributed by atoms with Crippen LogP contribution in [0, 0.1) is 0 Å². The van der Waals surface area contributed by atoms with Crippen molar-refractivity contribution in [3.8, 4) is 10.6 Å². The zero-order chi connectivity index (χ0) is 10.1. The predicted octanol–water partition coefficient (Wildman–Crippen LogP) is 2.79. The molecule has 0 aromatic carbocycles. The molecule has 14 heavy (non-hydrogen) atoms. The lowest BCUT2D eigenvalue weighted by Crippen LogP contribution is -1.81. The zero-order valence-electron chi connectivity index (χ0n) is 6.78. The number of nitrogens with zero attached hydrogens (tertiary/aromatic N) is 2. The molecule has 0 fully saturated rings.